The molecule has 0 aliphatic rings. The molecule has 1 N–H and O–H groups in total. The third kappa shape index (κ3) is 3.17. The molecule has 0 unspecified atom stereocenters. The van der Waals surface area contributed by atoms with Crippen molar-refractivity contribution in [3.63, 3.8) is 0 Å². The minimum atomic E-state index is -0.402. The van der Waals surface area contributed by atoms with Gasteiger partial charge in [-0.3, -0.25) is 4.98 Å². The molecule has 0 aliphatic heterocycles. The van der Waals surface area contributed by atoms with E-state index in [9.17, 15) is 4.39 Å². The Hall–Kier alpha value is -1.13. The second-order valence-electron chi connectivity index (χ2n) is 3.46. The Labute approximate surface area is 112 Å². The average molecular weight is 316 g/mol. The van der Waals surface area contributed by atoms with Gasteiger partial charge in [-0.15, -0.1) is 0 Å². The molecule has 0 saturated carbocycles. The summed E-state index contributed by atoms with van der Waals surface area (Å²) in [7, 11) is 0. The lowest BCUT2D eigenvalue weighted by Gasteiger charge is -2.08. The number of rotatable bonds is 3. The van der Waals surface area contributed by atoms with Gasteiger partial charge in [0, 0.05) is 18.9 Å². The van der Waals surface area contributed by atoms with Crippen LogP contribution in [0.4, 0.5) is 10.1 Å². The predicted octanol–water partition coefficient (Wildman–Crippen LogP) is 4.25. The van der Waals surface area contributed by atoms with Gasteiger partial charge in [0.25, 0.3) is 0 Å². The second kappa shape index (κ2) is 5.47. The van der Waals surface area contributed by atoms with Crippen molar-refractivity contribution in [1.82, 2.24) is 4.98 Å². The SMILES string of the molecule is Fc1ccc(CNc2ccncc2Br)cc1Cl. The van der Waals surface area contributed by atoms with Crippen molar-refractivity contribution < 1.29 is 4.39 Å². The largest absolute Gasteiger partial charge is 0.380 e. The number of nitrogens with one attached hydrogen (secondary N) is 1. The quantitative estimate of drug-likeness (QED) is 0.916. The van der Waals surface area contributed by atoms with Crippen LogP contribution in [0.5, 0.6) is 0 Å². The zero-order valence-electron chi connectivity index (χ0n) is 8.75. The Morgan fingerprint density at radius 3 is 2.88 bits per heavy atom. The van der Waals surface area contributed by atoms with Crippen molar-refractivity contribution in [1.29, 1.82) is 0 Å². The highest BCUT2D eigenvalue weighted by molar-refractivity contribution is 9.10. The summed E-state index contributed by atoms with van der Waals surface area (Å²) in [5, 5.41) is 3.35. The van der Waals surface area contributed by atoms with Crippen molar-refractivity contribution in [2.75, 3.05) is 5.32 Å². The zero-order chi connectivity index (χ0) is 12.3. The number of hydrogen-bond acceptors (Lipinski definition) is 2. The molecule has 0 fully saturated rings. The van der Waals surface area contributed by atoms with Gasteiger partial charge in [0.05, 0.1) is 15.2 Å². The van der Waals surface area contributed by atoms with Gasteiger partial charge in [-0.05, 0) is 39.7 Å². The molecule has 0 saturated heterocycles. The van der Waals surface area contributed by atoms with Gasteiger partial charge in [0.1, 0.15) is 5.82 Å². The molecule has 88 valence electrons. The first-order valence-corrected chi connectivity index (χ1v) is 6.11. The first kappa shape index (κ1) is 12.3. The van der Waals surface area contributed by atoms with Gasteiger partial charge in [-0.2, -0.15) is 0 Å². The summed E-state index contributed by atoms with van der Waals surface area (Å²) in [6, 6.07) is 6.53. The Balaban J connectivity index is 2.08. The Kier molecular flexibility index (Phi) is 3.97. The smallest absolute Gasteiger partial charge is 0.141 e. The molecule has 17 heavy (non-hydrogen) atoms. The first-order valence-electron chi connectivity index (χ1n) is 4.94. The van der Waals surface area contributed by atoms with Crippen LogP contribution in [0.1, 0.15) is 5.56 Å². The van der Waals surface area contributed by atoms with Crippen LogP contribution in [0.2, 0.25) is 5.02 Å². The van der Waals surface area contributed by atoms with Crippen LogP contribution in [-0.4, -0.2) is 4.98 Å². The molecule has 0 atom stereocenters. The van der Waals surface area contributed by atoms with Gasteiger partial charge in [-0.25, -0.2) is 4.39 Å². The van der Waals surface area contributed by atoms with Crippen LogP contribution in [0.25, 0.3) is 0 Å². The number of nitrogens with zero attached hydrogens (tertiary/aromatic N) is 1. The summed E-state index contributed by atoms with van der Waals surface area (Å²) < 4.78 is 13.8. The standard InChI is InChI=1S/C12H9BrClFN2/c13-9-7-16-4-3-12(9)17-6-8-1-2-11(15)10(14)5-8/h1-5,7H,6H2,(H,16,17). The highest BCUT2D eigenvalue weighted by Crippen LogP contribution is 2.21. The molecule has 1 heterocycles. The molecule has 2 rings (SSSR count). The van der Waals surface area contributed by atoms with Gasteiger partial charge in [-0.1, -0.05) is 17.7 Å². The molecule has 1 aromatic heterocycles. The van der Waals surface area contributed by atoms with E-state index in [-0.39, 0.29) is 5.02 Å². The molecular formula is C12H9BrClFN2. The summed E-state index contributed by atoms with van der Waals surface area (Å²) in [5.74, 6) is -0.402. The highest BCUT2D eigenvalue weighted by Gasteiger charge is 2.02. The number of aromatic nitrogens is 1. The third-order valence-corrected chi connectivity index (χ3v) is 3.16. The van der Waals surface area contributed by atoms with Gasteiger partial charge < -0.3 is 5.32 Å². The molecule has 1 aromatic carbocycles. The molecule has 0 aliphatic carbocycles. The van der Waals surface area contributed by atoms with Crippen LogP contribution in [-0.2, 0) is 6.54 Å². The molecule has 2 aromatic rings. The van der Waals surface area contributed by atoms with E-state index < -0.39 is 5.82 Å². The van der Waals surface area contributed by atoms with Crippen LogP contribution < -0.4 is 5.32 Å². The van der Waals surface area contributed by atoms with E-state index in [1.807, 2.05) is 6.07 Å². The predicted molar refractivity (Wildman–Crippen MR) is 70.7 cm³/mol. The topological polar surface area (TPSA) is 24.9 Å². The summed E-state index contributed by atoms with van der Waals surface area (Å²) >= 11 is 9.09. The maximum atomic E-state index is 13.0. The minimum Gasteiger partial charge on any atom is -0.380 e. The highest BCUT2D eigenvalue weighted by atomic mass is 79.9. The Bertz CT molecular complexity index is 534. The Morgan fingerprint density at radius 2 is 2.18 bits per heavy atom. The van der Waals surface area contributed by atoms with E-state index in [0.717, 1.165) is 15.7 Å². The van der Waals surface area contributed by atoms with Crippen molar-refractivity contribution >= 4 is 33.2 Å². The number of anilines is 1. The third-order valence-electron chi connectivity index (χ3n) is 2.24. The van der Waals surface area contributed by atoms with Gasteiger partial charge >= 0.3 is 0 Å². The molecular weight excluding hydrogens is 307 g/mol. The summed E-state index contributed by atoms with van der Waals surface area (Å²) in [4.78, 5) is 3.97. The summed E-state index contributed by atoms with van der Waals surface area (Å²) in [6.07, 6.45) is 3.41. The molecule has 0 radical (unpaired) electrons. The Morgan fingerprint density at radius 1 is 1.35 bits per heavy atom. The fourth-order valence-electron chi connectivity index (χ4n) is 1.37. The van der Waals surface area contributed by atoms with E-state index in [4.69, 9.17) is 11.6 Å². The molecule has 0 spiro atoms. The minimum absolute atomic E-state index is 0.137. The van der Waals surface area contributed by atoms with Crippen LogP contribution in [0.3, 0.4) is 0 Å². The number of pyridine rings is 1. The number of hydrogen-bond donors (Lipinski definition) is 1. The molecule has 0 amide bonds. The van der Waals surface area contributed by atoms with Crippen molar-refractivity contribution in [2.24, 2.45) is 0 Å². The fourth-order valence-corrected chi connectivity index (χ4v) is 1.96. The molecule has 5 heteroatoms. The summed E-state index contributed by atoms with van der Waals surface area (Å²) in [6.45, 7) is 0.572. The lowest BCUT2D eigenvalue weighted by atomic mass is 10.2. The fraction of sp³-hybridized carbons (Fsp3) is 0.0833. The van der Waals surface area contributed by atoms with E-state index in [1.165, 1.54) is 6.07 Å². The van der Waals surface area contributed by atoms with Crippen LogP contribution in [0, 0.1) is 5.82 Å². The second-order valence-corrected chi connectivity index (χ2v) is 4.72. The van der Waals surface area contributed by atoms with Crippen LogP contribution in [0.15, 0.2) is 41.1 Å². The average Bonchev–Trinajstić information content (AvgIpc) is 2.32. The molecule has 2 nitrogen and oxygen atoms in total. The lowest BCUT2D eigenvalue weighted by Crippen LogP contribution is -2.00. The number of halogens is 3. The summed E-state index contributed by atoms with van der Waals surface area (Å²) in [5.41, 5.74) is 1.85. The van der Waals surface area contributed by atoms with Gasteiger partial charge in [0.15, 0.2) is 0 Å². The van der Waals surface area contributed by atoms with Crippen molar-refractivity contribution in [3.8, 4) is 0 Å². The van der Waals surface area contributed by atoms with Crippen molar-refractivity contribution in [3.05, 3.63) is 57.5 Å². The maximum Gasteiger partial charge on any atom is 0.141 e. The monoisotopic (exact) mass is 314 g/mol. The number of benzene rings is 1. The zero-order valence-corrected chi connectivity index (χ0v) is 11.1. The lowest BCUT2D eigenvalue weighted by molar-refractivity contribution is 0.627. The molecule has 0 bridgehead atoms. The van der Waals surface area contributed by atoms with E-state index >= 15 is 0 Å². The maximum absolute atomic E-state index is 13.0. The van der Waals surface area contributed by atoms with Gasteiger partial charge in [0.2, 0.25) is 0 Å². The van der Waals surface area contributed by atoms with Crippen molar-refractivity contribution in [2.45, 2.75) is 6.54 Å². The van der Waals surface area contributed by atoms with Crippen LogP contribution >= 0.6 is 27.5 Å². The van der Waals surface area contributed by atoms with E-state index in [1.54, 1.807) is 24.5 Å². The van der Waals surface area contributed by atoms with E-state index in [2.05, 4.69) is 26.2 Å². The first-order chi connectivity index (χ1) is 8.16. The normalized spacial score (nSPS) is 10.3. The van der Waals surface area contributed by atoms with E-state index in [0.29, 0.717) is 6.54 Å².